The van der Waals surface area contributed by atoms with Gasteiger partial charge in [0.25, 0.3) is 0 Å². The standard InChI is InChI=1S/C16H19N/c1-13-7-6-8-15(11-13)12-14(2)17-16-9-4-3-5-10-16/h3-11,14,17H,12H2,1-2H3. The topological polar surface area (TPSA) is 12.0 Å². The Kier molecular flexibility index (Phi) is 3.81. The lowest BCUT2D eigenvalue weighted by atomic mass is 10.0. The minimum atomic E-state index is 0.444. The average Bonchev–Trinajstić information content (AvgIpc) is 2.30. The minimum absolute atomic E-state index is 0.444. The molecule has 2 aromatic carbocycles. The first kappa shape index (κ1) is 11.7. The van der Waals surface area contributed by atoms with E-state index in [1.807, 2.05) is 6.07 Å². The third-order valence-electron chi connectivity index (χ3n) is 2.81. The van der Waals surface area contributed by atoms with E-state index in [9.17, 15) is 0 Å². The number of hydrogen-bond donors (Lipinski definition) is 1. The monoisotopic (exact) mass is 225 g/mol. The maximum absolute atomic E-state index is 3.51. The third kappa shape index (κ3) is 3.63. The summed E-state index contributed by atoms with van der Waals surface area (Å²) >= 11 is 0. The quantitative estimate of drug-likeness (QED) is 0.828. The van der Waals surface area contributed by atoms with Crippen LogP contribution in [-0.4, -0.2) is 6.04 Å². The predicted octanol–water partition coefficient (Wildman–Crippen LogP) is 4.04. The van der Waals surface area contributed by atoms with Crippen LogP contribution in [-0.2, 0) is 6.42 Å². The number of aryl methyl sites for hydroxylation is 1. The highest BCUT2D eigenvalue weighted by Gasteiger charge is 2.03. The van der Waals surface area contributed by atoms with E-state index in [1.54, 1.807) is 0 Å². The fraction of sp³-hybridized carbons (Fsp3) is 0.250. The van der Waals surface area contributed by atoms with E-state index in [-0.39, 0.29) is 0 Å². The van der Waals surface area contributed by atoms with Gasteiger partial charge in [0.1, 0.15) is 0 Å². The van der Waals surface area contributed by atoms with Crippen LogP contribution in [0.15, 0.2) is 54.6 Å². The molecule has 0 radical (unpaired) electrons. The molecule has 0 amide bonds. The van der Waals surface area contributed by atoms with E-state index in [0.29, 0.717) is 6.04 Å². The van der Waals surface area contributed by atoms with Crippen molar-refractivity contribution in [3.8, 4) is 0 Å². The molecule has 1 heteroatoms. The van der Waals surface area contributed by atoms with Crippen molar-refractivity contribution in [3.63, 3.8) is 0 Å². The molecule has 1 unspecified atom stereocenters. The summed E-state index contributed by atoms with van der Waals surface area (Å²) in [6.45, 7) is 4.36. The number of hydrogen-bond acceptors (Lipinski definition) is 1. The van der Waals surface area contributed by atoms with Crippen LogP contribution in [0.1, 0.15) is 18.1 Å². The number of nitrogens with one attached hydrogen (secondary N) is 1. The Bertz CT molecular complexity index is 462. The zero-order chi connectivity index (χ0) is 12.1. The molecule has 0 saturated carbocycles. The van der Waals surface area contributed by atoms with Crippen molar-refractivity contribution in [2.45, 2.75) is 26.3 Å². The van der Waals surface area contributed by atoms with E-state index in [1.165, 1.54) is 16.8 Å². The maximum atomic E-state index is 3.51. The molecule has 88 valence electrons. The number of anilines is 1. The lowest BCUT2D eigenvalue weighted by Gasteiger charge is -2.15. The van der Waals surface area contributed by atoms with Crippen LogP contribution < -0.4 is 5.32 Å². The Morgan fingerprint density at radius 1 is 1.00 bits per heavy atom. The molecule has 2 aromatic rings. The molecule has 0 aliphatic heterocycles. The van der Waals surface area contributed by atoms with Gasteiger partial charge in [0, 0.05) is 11.7 Å². The second kappa shape index (κ2) is 5.53. The van der Waals surface area contributed by atoms with Crippen LogP contribution in [0.25, 0.3) is 0 Å². The Morgan fingerprint density at radius 2 is 1.76 bits per heavy atom. The Morgan fingerprint density at radius 3 is 2.47 bits per heavy atom. The van der Waals surface area contributed by atoms with Crippen molar-refractivity contribution in [2.75, 3.05) is 5.32 Å². The smallest absolute Gasteiger partial charge is 0.0342 e. The van der Waals surface area contributed by atoms with Crippen LogP contribution in [0.5, 0.6) is 0 Å². The molecule has 0 heterocycles. The van der Waals surface area contributed by atoms with E-state index >= 15 is 0 Å². The van der Waals surface area contributed by atoms with Crippen molar-refractivity contribution in [1.29, 1.82) is 0 Å². The SMILES string of the molecule is Cc1cccc(CC(C)Nc2ccccc2)c1. The number of benzene rings is 2. The van der Waals surface area contributed by atoms with Gasteiger partial charge in [0.2, 0.25) is 0 Å². The van der Waals surface area contributed by atoms with Crippen molar-refractivity contribution in [3.05, 3.63) is 65.7 Å². The van der Waals surface area contributed by atoms with Crippen molar-refractivity contribution >= 4 is 5.69 Å². The first-order valence-electron chi connectivity index (χ1n) is 6.11. The highest BCUT2D eigenvalue weighted by atomic mass is 14.9. The molecule has 0 aliphatic rings. The van der Waals surface area contributed by atoms with Crippen LogP contribution in [0.4, 0.5) is 5.69 Å². The summed E-state index contributed by atoms with van der Waals surface area (Å²) < 4.78 is 0. The predicted molar refractivity (Wildman–Crippen MR) is 74.4 cm³/mol. The van der Waals surface area contributed by atoms with Gasteiger partial charge in [-0.2, -0.15) is 0 Å². The van der Waals surface area contributed by atoms with Crippen molar-refractivity contribution in [2.24, 2.45) is 0 Å². The molecule has 1 N–H and O–H groups in total. The molecule has 0 saturated heterocycles. The largest absolute Gasteiger partial charge is 0.382 e. The van der Waals surface area contributed by atoms with Crippen molar-refractivity contribution in [1.82, 2.24) is 0 Å². The van der Waals surface area contributed by atoms with Gasteiger partial charge in [-0.1, -0.05) is 48.0 Å². The van der Waals surface area contributed by atoms with Gasteiger partial charge in [-0.3, -0.25) is 0 Å². The van der Waals surface area contributed by atoms with Gasteiger partial charge in [-0.25, -0.2) is 0 Å². The molecular formula is C16H19N. The lowest BCUT2D eigenvalue weighted by Crippen LogP contribution is -2.17. The second-order valence-electron chi connectivity index (χ2n) is 4.60. The summed E-state index contributed by atoms with van der Waals surface area (Å²) in [6.07, 6.45) is 1.05. The fourth-order valence-corrected chi connectivity index (χ4v) is 2.06. The number of para-hydroxylation sites is 1. The first-order chi connectivity index (χ1) is 8.24. The highest BCUT2D eigenvalue weighted by Crippen LogP contribution is 2.11. The summed E-state index contributed by atoms with van der Waals surface area (Å²) in [5.74, 6) is 0. The van der Waals surface area contributed by atoms with E-state index in [0.717, 1.165) is 6.42 Å². The van der Waals surface area contributed by atoms with E-state index < -0.39 is 0 Å². The molecule has 2 rings (SSSR count). The molecule has 0 aromatic heterocycles. The summed E-state index contributed by atoms with van der Waals surface area (Å²) in [5, 5.41) is 3.51. The van der Waals surface area contributed by atoms with Crippen molar-refractivity contribution < 1.29 is 0 Å². The molecule has 1 nitrogen and oxygen atoms in total. The van der Waals surface area contributed by atoms with E-state index in [4.69, 9.17) is 0 Å². The Labute approximate surface area is 103 Å². The number of rotatable bonds is 4. The second-order valence-corrected chi connectivity index (χ2v) is 4.60. The summed E-state index contributed by atoms with van der Waals surface area (Å²) in [7, 11) is 0. The van der Waals surface area contributed by atoms with Gasteiger partial charge in [-0.05, 0) is 38.0 Å². The highest BCUT2D eigenvalue weighted by molar-refractivity contribution is 5.43. The van der Waals surface area contributed by atoms with E-state index in [2.05, 4.69) is 67.7 Å². The molecule has 17 heavy (non-hydrogen) atoms. The summed E-state index contributed by atoms with van der Waals surface area (Å²) in [5.41, 5.74) is 3.91. The van der Waals surface area contributed by atoms with Gasteiger partial charge in [-0.15, -0.1) is 0 Å². The van der Waals surface area contributed by atoms with Crippen LogP contribution in [0.2, 0.25) is 0 Å². The zero-order valence-corrected chi connectivity index (χ0v) is 10.5. The Balaban J connectivity index is 1.96. The first-order valence-corrected chi connectivity index (χ1v) is 6.11. The molecular weight excluding hydrogens is 206 g/mol. The van der Waals surface area contributed by atoms with Crippen LogP contribution >= 0.6 is 0 Å². The molecule has 0 bridgehead atoms. The normalized spacial score (nSPS) is 12.1. The minimum Gasteiger partial charge on any atom is -0.382 e. The maximum Gasteiger partial charge on any atom is 0.0342 e. The zero-order valence-electron chi connectivity index (χ0n) is 10.5. The average molecular weight is 225 g/mol. The van der Waals surface area contributed by atoms with Gasteiger partial charge in [0.05, 0.1) is 0 Å². The summed E-state index contributed by atoms with van der Waals surface area (Å²) in [6, 6.07) is 19.5. The fourth-order valence-electron chi connectivity index (χ4n) is 2.06. The molecule has 1 atom stereocenters. The van der Waals surface area contributed by atoms with Gasteiger partial charge < -0.3 is 5.32 Å². The lowest BCUT2D eigenvalue weighted by molar-refractivity contribution is 0.790. The van der Waals surface area contributed by atoms with Gasteiger partial charge in [0.15, 0.2) is 0 Å². The molecule has 0 spiro atoms. The molecule has 0 fully saturated rings. The summed E-state index contributed by atoms with van der Waals surface area (Å²) in [4.78, 5) is 0. The Hall–Kier alpha value is -1.76. The van der Waals surface area contributed by atoms with Crippen LogP contribution in [0.3, 0.4) is 0 Å². The van der Waals surface area contributed by atoms with Gasteiger partial charge >= 0.3 is 0 Å². The third-order valence-corrected chi connectivity index (χ3v) is 2.81. The van der Waals surface area contributed by atoms with Crippen LogP contribution in [0, 0.1) is 6.92 Å². The molecule has 0 aliphatic carbocycles.